The molecule has 0 radical (unpaired) electrons. The number of allylic oxidation sites excluding steroid dienone is 1. The SMILES string of the molecule is CC(C)CCC(O)C(C)C1(O)C(OC2OCC(O)C(OC3OCC(O)C(O)C3O)C2O)CC2C3CC=C4CC(O)CCC4(C)C3CCC21C. The van der Waals surface area contributed by atoms with E-state index in [0.29, 0.717) is 31.1 Å². The van der Waals surface area contributed by atoms with Gasteiger partial charge in [-0.3, -0.25) is 0 Å². The van der Waals surface area contributed by atoms with Gasteiger partial charge < -0.3 is 59.8 Å². The fraction of sp³-hybridized carbons (Fsp3) is 0.946. The van der Waals surface area contributed by atoms with Crippen molar-refractivity contribution in [1.82, 2.24) is 0 Å². The largest absolute Gasteiger partial charge is 0.393 e. The van der Waals surface area contributed by atoms with Crippen LogP contribution < -0.4 is 0 Å². The highest BCUT2D eigenvalue weighted by Crippen LogP contribution is 2.69. The molecule has 5 fully saturated rings. The Balaban J connectivity index is 1.28. The summed E-state index contributed by atoms with van der Waals surface area (Å²) in [6, 6.07) is 0. The molecule has 0 aromatic heterocycles. The topological polar surface area (TPSA) is 199 Å². The lowest BCUT2D eigenvalue weighted by molar-refractivity contribution is -0.346. The zero-order chi connectivity index (χ0) is 35.6. The quantitative estimate of drug-likeness (QED) is 0.161. The second-order valence-electron chi connectivity index (χ2n) is 17.2. The summed E-state index contributed by atoms with van der Waals surface area (Å²) >= 11 is 0. The number of aliphatic hydroxyl groups is 8. The summed E-state index contributed by atoms with van der Waals surface area (Å²) in [5, 5.41) is 88.0. The van der Waals surface area contributed by atoms with Gasteiger partial charge in [-0.2, -0.15) is 0 Å². The summed E-state index contributed by atoms with van der Waals surface area (Å²) in [5.74, 6) is 0.538. The molecule has 3 saturated carbocycles. The van der Waals surface area contributed by atoms with E-state index in [4.69, 9.17) is 18.9 Å². The molecule has 0 aromatic carbocycles. The highest BCUT2D eigenvalue weighted by atomic mass is 16.7. The maximum absolute atomic E-state index is 13.2. The zero-order valence-electron chi connectivity index (χ0n) is 29.8. The molecule has 6 aliphatic rings. The molecule has 18 atom stereocenters. The van der Waals surface area contributed by atoms with Crippen LogP contribution in [0.15, 0.2) is 11.6 Å². The molecular formula is C37H62O12. The van der Waals surface area contributed by atoms with Crippen molar-refractivity contribution in [2.24, 2.45) is 40.4 Å². The van der Waals surface area contributed by atoms with E-state index in [2.05, 4.69) is 33.8 Å². The van der Waals surface area contributed by atoms with Crippen LogP contribution in [0.1, 0.15) is 92.4 Å². The molecule has 12 heteroatoms. The van der Waals surface area contributed by atoms with E-state index in [-0.39, 0.29) is 36.6 Å². The number of ether oxygens (including phenoxy) is 4. The maximum atomic E-state index is 13.2. The van der Waals surface area contributed by atoms with Gasteiger partial charge in [-0.15, -0.1) is 0 Å². The van der Waals surface area contributed by atoms with Gasteiger partial charge >= 0.3 is 0 Å². The van der Waals surface area contributed by atoms with Crippen LogP contribution in [0.25, 0.3) is 0 Å². The van der Waals surface area contributed by atoms with E-state index < -0.39 is 78.3 Å². The highest BCUT2D eigenvalue weighted by Gasteiger charge is 2.70. The fourth-order valence-electron chi connectivity index (χ4n) is 11.0. The van der Waals surface area contributed by atoms with E-state index in [9.17, 15) is 40.9 Å². The number of rotatable bonds is 9. The zero-order valence-corrected chi connectivity index (χ0v) is 29.8. The van der Waals surface area contributed by atoms with E-state index >= 15 is 0 Å². The van der Waals surface area contributed by atoms with Crippen molar-refractivity contribution >= 4 is 0 Å². The Labute approximate surface area is 290 Å². The predicted octanol–water partition coefficient (Wildman–Crippen LogP) is 1.37. The minimum atomic E-state index is -1.62. The van der Waals surface area contributed by atoms with E-state index in [1.165, 1.54) is 5.57 Å². The first kappa shape index (κ1) is 38.0. The predicted molar refractivity (Wildman–Crippen MR) is 177 cm³/mol. The molecule has 6 rings (SSSR count). The monoisotopic (exact) mass is 698 g/mol. The molecule has 8 N–H and O–H groups in total. The van der Waals surface area contributed by atoms with Crippen LogP contribution >= 0.6 is 0 Å². The van der Waals surface area contributed by atoms with Gasteiger partial charge in [0.1, 0.15) is 42.2 Å². The summed E-state index contributed by atoms with van der Waals surface area (Å²) in [4.78, 5) is 0. The number of hydrogen-bond donors (Lipinski definition) is 8. The van der Waals surface area contributed by atoms with Crippen LogP contribution in [0.3, 0.4) is 0 Å². The van der Waals surface area contributed by atoms with E-state index in [0.717, 1.165) is 38.5 Å². The van der Waals surface area contributed by atoms with Crippen LogP contribution in [0.4, 0.5) is 0 Å². The summed E-state index contributed by atoms with van der Waals surface area (Å²) in [6.45, 7) is 10.0. The van der Waals surface area contributed by atoms with Gasteiger partial charge in [-0.05, 0) is 86.9 Å². The molecule has 0 spiro atoms. The van der Waals surface area contributed by atoms with Gasteiger partial charge in [-0.25, -0.2) is 0 Å². The van der Waals surface area contributed by atoms with Crippen LogP contribution in [-0.4, -0.2) is 127 Å². The lowest BCUT2D eigenvalue weighted by Gasteiger charge is -2.60. The lowest BCUT2D eigenvalue weighted by atomic mass is 9.46. The summed E-state index contributed by atoms with van der Waals surface area (Å²) in [7, 11) is 0. The Morgan fingerprint density at radius 3 is 2.20 bits per heavy atom. The molecule has 49 heavy (non-hydrogen) atoms. The van der Waals surface area contributed by atoms with E-state index in [1.54, 1.807) is 0 Å². The second kappa shape index (κ2) is 14.2. The van der Waals surface area contributed by atoms with Crippen LogP contribution in [0.5, 0.6) is 0 Å². The molecule has 2 saturated heterocycles. The minimum Gasteiger partial charge on any atom is -0.393 e. The van der Waals surface area contributed by atoms with Gasteiger partial charge in [-0.1, -0.05) is 46.3 Å². The molecule has 2 heterocycles. The van der Waals surface area contributed by atoms with Crippen LogP contribution in [0.2, 0.25) is 0 Å². The van der Waals surface area contributed by atoms with Crippen molar-refractivity contribution in [3.63, 3.8) is 0 Å². The van der Waals surface area contributed by atoms with E-state index in [1.807, 2.05) is 6.92 Å². The van der Waals surface area contributed by atoms with Gasteiger partial charge in [0.2, 0.25) is 0 Å². The first-order chi connectivity index (χ1) is 23.0. The first-order valence-corrected chi connectivity index (χ1v) is 18.7. The number of hydrogen-bond acceptors (Lipinski definition) is 12. The normalized spacial score (nSPS) is 51.4. The van der Waals surface area contributed by atoms with Crippen molar-refractivity contribution in [3.8, 4) is 0 Å². The lowest BCUT2D eigenvalue weighted by Crippen LogP contribution is -2.64. The van der Waals surface area contributed by atoms with Crippen LogP contribution in [0, 0.1) is 40.4 Å². The average Bonchev–Trinajstić information content (AvgIpc) is 3.29. The fourth-order valence-corrected chi connectivity index (χ4v) is 11.0. The Hall–Kier alpha value is -0.740. The summed E-state index contributed by atoms with van der Waals surface area (Å²) in [5.41, 5.74) is -0.752. The van der Waals surface area contributed by atoms with Crippen molar-refractivity contribution in [2.75, 3.05) is 13.2 Å². The number of fused-ring (bicyclic) bond motifs is 5. The Bertz CT molecular complexity index is 1180. The second-order valence-corrected chi connectivity index (χ2v) is 17.2. The third-order valence-electron chi connectivity index (χ3n) is 14.1. The summed E-state index contributed by atoms with van der Waals surface area (Å²) < 4.78 is 23.7. The van der Waals surface area contributed by atoms with Crippen molar-refractivity contribution in [1.29, 1.82) is 0 Å². The molecular weight excluding hydrogens is 636 g/mol. The molecule has 2 aliphatic heterocycles. The molecule has 12 nitrogen and oxygen atoms in total. The smallest absolute Gasteiger partial charge is 0.186 e. The molecule has 0 aromatic rings. The maximum Gasteiger partial charge on any atom is 0.186 e. The molecule has 4 aliphatic carbocycles. The van der Waals surface area contributed by atoms with Crippen molar-refractivity contribution in [3.05, 3.63) is 11.6 Å². The Kier molecular flexibility index (Phi) is 11.0. The van der Waals surface area contributed by atoms with Gasteiger partial charge in [0.15, 0.2) is 12.6 Å². The standard InChI is InChI=1S/C37H62O12/c1-18(2)6-9-25(39)19(3)37(45)28(48-34-31(44)32(27(41)17-47-34)49-33-30(43)29(42)26(40)16-46-33)15-24-22-8-7-20-14-21(38)10-12-35(20,4)23(22)11-13-36(24,37)5/h7,18-19,21-34,38-45H,6,8-17H2,1-5H3. The minimum absolute atomic E-state index is 0.0122. The van der Waals surface area contributed by atoms with Gasteiger partial charge in [0, 0.05) is 11.3 Å². The highest BCUT2D eigenvalue weighted by molar-refractivity contribution is 5.27. The Morgan fingerprint density at radius 2 is 1.51 bits per heavy atom. The Morgan fingerprint density at radius 1 is 0.837 bits per heavy atom. The van der Waals surface area contributed by atoms with Gasteiger partial charge in [0.05, 0.1) is 31.5 Å². The van der Waals surface area contributed by atoms with Crippen LogP contribution in [-0.2, 0) is 18.9 Å². The third kappa shape index (κ3) is 6.48. The van der Waals surface area contributed by atoms with Crippen molar-refractivity contribution < 1.29 is 59.8 Å². The molecule has 282 valence electrons. The van der Waals surface area contributed by atoms with Crippen molar-refractivity contribution in [2.45, 2.75) is 166 Å². The molecule has 18 unspecified atom stereocenters. The average molecular weight is 699 g/mol. The first-order valence-electron chi connectivity index (χ1n) is 18.7. The van der Waals surface area contributed by atoms with Gasteiger partial charge in [0.25, 0.3) is 0 Å². The third-order valence-corrected chi connectivity index (χ3v) is 14.1. The molecule has 0 amide bonds. The summed E-state index contributed by atoms with van der Waals surface area (Å²) in [6.07, 6.45) is -4.19. The number of aliphatic hydroxyl groups excluding tert-OH is 7. The molecule has 0 bridgehead atoms.